The standard InChI is InChI=1S/C21H24ClFN2O4/c22-15-5-4-14(6-16(15)23)28-9-18(26)24-21-10-20(11-21,12-21)17-8-25(19(27)29-17)7-13-2-1-3-13/h4-6,13,17H,1-3,7-12H2,(H,24,26)/t17-,20?,21?/m0/s1. The van der Waals surface area contributed by atoms with Crippen LogP contribution >= 0.6 is 11.6 Å². The van der Waals surface area contributed by atoms with Crippen LogP contribution in [0.3, 0.4) is 0 Å². The summed E-state index contributed by atoms with van der Waals surface area (Å²) in [7, 11) is 0. The van der Waals surface area contributed by atoms with E-state index in [9.17, 15) is 14.0 Å². The topological polar surface area (TPSA) is 67.9 Å². The van der Waals surface area contributed by atoms with E-state index >= 15 is 0 Å². The van der Waals surface area contributed by atoms with Crippen LogP contribution in [0.4, 0.5) is 9.18 Å². The molecule has 1 aromatic carbocycles. The Morgan fingerprint density at radius 2 is 2.10 bits per heavy atom. The Balaban J connectivity index is 1.08. The van der Waals surface area contributed by atoms with Crippen LogP contribution in [0.25, 0.3) is 0 Å². The maximum atomic E-state index is 13.4. The molecule has 2 amide bonds. The maximum Gasteiger partial charge on any atom is 0.410 e. The Hall–Kier alpha value is -2.02. The molecule has 6 nitrogen and oxygen atoms in total. The van der Waals surface area contributed by atoms with Gasteiger partial charge in [0.25, 0.3) is 5.91 Å². The second-order valence-electron chi connectivity index (χ2n) is 9.16. The number of nitrogens with zero attached hydrogens (tertiary/aromatic N) is 1. The Bertz CT molecular complexity index is 839. The largest absolute Gasteiger partial charge is 0.484 e. The number of ether oxygens (including phenoxy) is 2. The number of cyclic esters (lactones) is 1. The molecule has 2 bridgehead atoms. The zero-order valence-corrected chi connectivity index (χ0v) is 16.8. The average molecular weight is 423 g/mol. The second-order valence-corrected chi connectivity index (χ2v) is 9.57. The molecule has 1 saturated heterocycles. The number of amides is 2. The molecule has 156 valence electrons. The van der Waals surface area contributed by atoms with Crippen LogP contribution in [0.5, 0.6) is 5.75 Å². The van der Waals surface area contributed by atoms with Crippen molar-refractivity contribution in [1.29, 1.82) is 0 Å². The number of hydrogen-bond acceptors (Lipinski definition) is 4. The molecule has 5 fully saturated rings. The highest BCUT2D eigenvalue weighted by molar-refractivity contribution is 6.30. The number of hydrogen-bond donors (Lipinski definition) is 1. The van der Waals surface area contributed by atoms with E-state index < -0.39 is 5.82 Å². The molecule has 1 aromatic rings. The van der Waals surface area contributed by atoms with Crippen LogP contribution in [-0.4, -0.2) is 48.2 Å². The van der Waals surface area contributed by atoms with Crippen molar-refractivity contribution < 1.29 is 23.5 Å². The highest BCUT2D eigenvalue weighted by Crippen LogP contribution is 2.69. The van der Waals surface area contributed by atoms with Gasteiger partial charge in [0.2, 0.25) is 0 Å². The molecule has 0 unspecified atom stereocenters. The minimum Gasteiger partial charge on any atom is -0.484 e. The fourth-order valence-electron chi connectivity index (χ4n) is 5.35. The van der Waals surface area contributed by atoms with E-state index in [0.29, 0.717) is 12.5 Å². The minimum atomic E-state index is -0.580. The van der Waals surface area contributed by atoms with Gasteiger partial charge in [-0.1, -0.05) is 18.0 Å². The van der Waals surface area contributed by atoms with Gasteiger partial charge in [-0.2, -0.15) is 0 Å². The third kappa shape index (κ3) is 3.33. The van der Waals surface area contributed by atoms with Gasteiger partial charge in [-0.25, -0.2) is 9.18 Å². The van der Waals surface area contributed by atoms with Gasteiger partial charge in [0.05, 0.1) is 11.6 Å². The summed E-state index contributed by atoms with van der Waals surface area (Å²) in [6, 6.07) is 4.08. The molecule has 0 aromatic heterocycles. The van der Waals surface area contributed by atoms with E-state index in [1.807, 2.05) is 4.90 Å². The van der Waals surface area contributed by atoms with Crippen molar-refractivity contribution in [2.24, 2.45) is 11.3 Å². The van der Waals surface area contributed by atoms with Gasteiger partial charge >= 0.3 is 6.09 Å². The molecule has 8 heteroatoms. The van der Waals surface area contributed by atoms with Gasteiger partial charge in [0.1, 0.15) is 17.7 Å². The minimum absolute atomic E-state index is 0.0114. The lowest BCUT2D eigenvalue weighted by atomic mass is 9.37. The van der Waals surface area contributed by atoms with Crippen molar-refractivity contribution in [2.45, 2.75) is 50.2 Å². The molecule has 1 aliphatic heterocycles. The number of nitrogens with one attached hydrogen (secondary N) is 1. The van der Waals surface area contributed by atoms with Crippen LogP contribution < -0.4 is 10.1 Å². The van der Waals surface area contributed by atoms with Crippen LogP contribution in [0.1, 0.15) is 38.5 Å². The van der Waals surface area contributed by atoms with E-state index in [1.54, 1.807) is 0 Å². The maximum absolute atomic E-state index is 13.4. The quantitative estimate of drug-likeness (QED) is 0.730. The van der Waals surface area contributed by atoms with Gasteiger partial charge < -0.3 is 19.7 Å². The van der Waals surface area contributed by atoms with E-state index in [4.69, 9.17) is 21.1 Å². The molecule has 1 heterocycles. The van der Waals surface area contributed by atoms with E-state index in [0.717, 1.165) is 31.9 Å². The van der Waals surface area contributed by atoms with Crippen LogP contribution in [-0.2, 0) is 9.53 Å². The van der Waals surface area contributed by atoms with Crippen molar-refractivity contribution >= 4 is 23.6 Å². The van der Waals surface area contributed by atoms with Crippen molar-refractivity contribution in [3.63, 3.8) is 0 Å². The molecule has 5 aliphatic rings. The first kappa shape index (κ1) is 19.0. The summed E-state index contributed by atoms with van der Waals surface area (Å²) in [4.78, 5) is 26.3. The van der Waals surface area contributed by atoms with Crippen LogP contribution in [0, 0.1) is 17.2 Å². The van der Waals surface area contributed by atoms with Gasteiger partial charge in [-0.05, 0) is 50.2 Å². The summed E-state index contributed by atoms with van der Waals surface area (Å²) in [5, 5.41) is 3.05. The predicted octanol–water partition coefficient (Wildman–Crippen LogP) is 3.52. The highest BCUT2D eigenvalue weighted by Gasteiger charge is 2.73. The predicted molar refractivity (Wildman–Crippen MR) is 103 cm³/mol. The van der Waals surface area contributed by atoms with E-state index in [-0.39, 0.29) is 46.4 Å². The molecule has 29 heavy (non-hydrogen) atoms. The van der Waals surface area contributed by atoms with E-state index in [1.165, 1.54) is 31.4 Å². The summed E-state index contributed by atoms with van der Waals surface area (Å²) in [5.41, 5.74) is -0.197. The molecule has 4 saturated carbocycles. The molecule has 4 aliphatic carbocycles. The summed E-state index contributed by atoms with van der Waals surface area (Å²) in [6.07, 6.45) is 5.91. The summed E-state index contributed by atoms with van der Waals surface area (Å²) < 4.78 is 24.5. The van der Waals surface area contributed by atoms with Gasteiger partial charge in [-0.15, -0.1) is 0 Å². The summed E-state index contributed by atoms with van der Waals surface area (Å²) in [6.45, 7) is 1.31. The third-order valence-electron chi connectivity index (χ3n) is 7.01. The molecule has 1 N–H and O–H groups in total. The van der Waals surface area contributed by atoms with Crippen LogP contribution in [0.2, 0.25) is 5.02 Å². The van der Waals surface area contributed by atoms with Gasteiger partial charge in [-0.3, -0.25) is 4.79 Å². The van der Waals surface area contributed by atoms with Crippen LogP contribution in [0.15, 0.2) is 18.2 Å². The van der Waals surface area contributed by atoms with Crippen molar-refractivity contribution in [3.05, 3.63) is 29.0 Å². The third-order valence-corrected chi connectivity index (χ3v) is 7.32. The molecular formula is C21H24ClFN2O4. The van der Waals surface area contributed by atoms with Crippen molar-refractivity contribution in [1.82, 2.24) is 10.2 Å². The first-order valence-corrected chi connectivity index (χ1v) is 10.6. The molecule has 0 spiro atoms. The van der Waals surface area contributed by atoms with Crippen molar-refractivity contribution in [2.75, 3.05) is 19.7 Å². The highest BCUT2D eigenvalue weighted by atomic mass is 35.5. The lowest BCUT2D eigenvalue weighted by Gasteiger charge is -2.71. The first-order chi connectivity index (χ1) is 13.9. The molecule has 1 atom stereocenters. The Kier molecular flexibility index (Phi) is 4.42. The monoisotopic (exact) mass is 422 g/mol. The number of carbonyl (C=O) groups is 2. The number of halogens is 2. The fourth-order valence-corrected chi connectivity index (χ4v) is 5.47. The Morgan fingerprint density at radius 1 is 1.34 bits per heavy atom. The number of benzene rings is 1. The number of carbonyl (C=O) groups excluding carboxylic acids is 2. The SMILES string of the molecule is O=C(COc1ccc(Cl)c(F)c1)NC12CC([C@@H]3CN(CC4CCC4)C(=O)O3)(C1)C2. The average Bonchev–Trinajstić information content (AvgIpc) is 2.94. The Labute approximate surface area is 173 Å². The van der Waals surface area contributed by atoms with E-state index in [2.05, 4.69) is 5.32 Å². The molecule has 6 rings (SSSR count). The molecule has 0 radical (unpaired) electrons. The number of rotatable bonds is 7. The smallest absolute Gasteiger partial charge is 0.410 e. The fraction of sp³-hybridized carbons (Fsp3) is 0.619. The zero-order valence-electron chi connectivity index (χ0n) is 16.1. The summed E-state index contributed by atoms with van der Waals surface area (Å²) >= 11 is 5.64. The first-order valence-electron chi connectivity index (χ1n) is 10.2. The lowest BCUT2D eigenvalue weighted by molar-refractivity contribution is -0.206. The zero-order chi connectivity index (χ0) is 20.2. The lowest BCUT2D eigenvalue weighted by Crippen LogP contribution is -2.78. The van der Waals surface area contributed by atoms with Crippen molar-refractivity contribution in [3.8, 4) is 5.75 Å². The molecular weight excluding hydrogens is 399 g/mol. The van der Waals surface area contributed by atoms with Gasteiger partial charge in [0, 0.05) is 23.6 Å². The summed E-state index contributed by atoms with van der Waals surface area (Å²) in [5.74, 6) is 0.0849. The second kappa shape index (κ2) is 6.76. The van der Waals surface area contributed by atoms with Gasteiger partial charge in [0.15, 0.2) is 6.61 Å². The normalized spacial score (nSPS) is 32.7. The Morgan fingerprint density at radius 3 is 2.76 bits per heavy atom.